The first-order valence-corrected chi connectivity index (χ1v) is 10.5. The molecule has 4 aromatic carbocycles. The van der Waals surface area contributed by atoms with Gasteiger partial charge in [-0.1, -0.05) is 103 Å². The van der Waals surface area contributed by atoms with Crippen LogP contribution in [0.25, 0.3) is 11.0 Å². The van der Waals surface area contributed by atoms with E-state index in [0.29, 0.717) is 0 Å². The number of fused-ring (bicyclic) bond motifs is 1. The Balaban J connectivity index is 1.57. The third-order valence-electron chi connectivity index (χ3n) is 5.44. The van der Waals surface area contributed by atoms with Crippen LogP contribution in [0, 0.1) is 0 Å². The van der Waals surface area contributed by atoms with E-state index >= 15 is 0 Å². The van der Waals surface area contributed by atoms with Crippen molar-refractivity contribution >= 4 is 17.2 Å². The highest BCUT2D eigenvalue weighted by atomic mass is 15.1. The summed E-state index contributed by atoms with van der Waals surface area (Å²) < 4.78 is 2.24. The van der Waals surface area contributed by atoms with Gasteiger partial charge in [0.25, 0.3) is 0 Å². The minimum absolute atomic E-state index is 0.0765. The van der Waals surface area contributed by atoms with Crippen molar-refractivity contribution in [2.24, 2.45) is 4.99 Å². The molecule has 150 valence electrons. The fourth-order valence-corrected chi connectivity index (χ4v) is 3.90. The summed E-state index contributed by atoms with van der Waals surface area (Å²) >= 11 is 0. The van der Waals surface area contributed by atoms with Crippen molar-refractivity contribution in [1.82, 2.24) is 9.55 Å². The topological polar surface area (TPSA) is 30.2 Å². The summed E-state index contributed by atoms with van der Waals surface area (Å²) in [4.78, 5) is 9.91. The van der Waals surface area contributed by atoms with Crippen LogP contribution in [0.4, 0.5) is 0 Å². The molecule has 3 heteroatoms. The molecule has 0 N–H and O–H groups in total. The molecular formula is C28H23N3. The van der Waals surface area contributed by atoms with Gasteiger partial charge < -0.3 is 4.57 Å². The van der Waals surface area contributed by atoms with Gasteiger partial charge in [-0.2, -0.15) is 0 Å². The van der Waals surface area contributed by atoms with Gasteiger partial charge in [0.2, 0.25) is 0 Å². The van der Waals surface area contributed by atoms with E-state index in [1.807, 2.05) is 30.5 Å². The van der Waals surface area contributed by atoms with Gasteiger partial charge in [0, 0.05) is 6.54 Å². The Bertz CT molecular complexity index is 1250. The van der Waals surface area contributed by atoms with E-state index in [4.69, 9.17) is 9.98 Å². The third kappa shape index (κ3) is 4.17. The summed E-state index contributed by atoms with van der Waals surface area (Å²) in [6, 6.07) is 39.5. The molecule has 0 aliphatic rings. The zero-order chi connectivity index (χ0) is 20.9. The Morgan fingerprint density at radius 1 is 0.677 bits per heavy atom. The SMILES string of the molecule is C(=NC(c1ccccc1)c1ccccc1)c1nc2ccccc2n1Cc1ccccc1. The lowest BCUT2D eigenvalue weighted by Crippen LogP contribution is -2.06. The van der Waals surface area contributed by atoms with Gasteiger partial charge in [-0.3, -0.25) is 4.99 Å². The minimum Gasteiger partial charge on any atom is -0.319 e. The molecule has 1 heterocycles. The molecule has 0 saturated carbocycles. The molecule has 0 aliphatic carbocycles. The van der Waals surface area contributed by atoms with Crippen LogP contribution in [0.3, 0.4) is 0 Å². The maximum absolute atomic E-state index is 5.02. The lowest BCUT2D eigenvalue weighted by atomic mass is 9.99. The zero-order valence-electron chi connectivity index (χ0n) is 17.2. The zero-order valence-corrected chi connectivity index (χ0v) is 17.2. The van der Waals surface area contributed by atoms with Crippen LogP contribution in [0.15, 0.2) is 120 Å². The second-order valence-corrected chi connectivity index (χ2v) is 7.53. The number of nitrogens with zero attached hydrogens (tertiary/aromatic N) is 3. The summed E-state index contributed by atoms with van der Waals surface area (Å²) in [5.74, 6) is 0.863. The highest BCUT2D eigenvalue weighted by molar-refractivity contribution is 5.85. The molecular weight excluding hydrogens is 378 g/mol. The Morgan fingerprint density at radius 2 is 1.23 bits per heavy atom. The quantitative estimate of drug-likeness (QED) is 0.307. The molecule has 0 spiro atoms. The number of imidazole rings is 1. The Kier molecular flexibility index (Phi) is 5.40. The van der Waals surface area contributed by atoms with E-state index in [1.54, 1.807) is 0 Å². The summed E-state index contributed by atoms with van der Waals surface area (Å²) in [7, 11) is 0. The first-order valence-electron chi connectivity index (χ1n) is 10.5. The van der Waals surface area contributed by atoms with Crippen molar-refractivity contribution in [2.75, 3.05) is 0 Å². The molecule has 0 radical (unpaired) electrons. The van der Waals surface area contributed by atoms with Gasteiger partial charge in [-0.05, 0) is 28.8 Å². The number of aromatic nitrogens is 2. The average Bonchev–Trinajstić information content (AvgIpc) is 3.18. The monoisotopic (exact) mass is 401 g/mol. The molecule has 0 amide bonds. The van der Waals surface area contributed by atoms with Crippen molar-refractivity contribution in [3.63, 3.8) is 0 Å². The van der Waals surface area contributed by atoms with Crippen molar-refractivity contribution in [3.05, 3.63) is 138 Å². The predicted molar refractivity (Wildman–Crippen MR) is 128 cm³/mol. The highest BCUT2D eigenvalue weighted by Crippen LogP contribution is 2.26. The first-order chi connectivity index (χ1) is 15.4. The molecule has 31 heavy (non-hydrogen) atoms. The van der Waals surface area contributed by atoms with E-state index in [2.05, 4.69) is 95.6 Å². The molecule has 0 aliphatic heterocycles. The largest absolute Gasteiger partial charge is 0.319 e. The molecule has 0 atom stereocenters. The van der Waals surface area contributed by atoms with Crippen LogP contribution in [0.1, 0.15) is 28.6 Å². The van der Waals surface area contributed by atoms with Gasteiger partial charge in [0.15, 0.2) is 5.82 Å². The lowest BCUT2D eigenvalue weighted by molar-refractivity contribution is 0.810. The second-order valence-electron chi connectivity index (χ2n) is 7.53. The van der Waals surface area contributed by atoms with Crippen LogP contribution < -0.4 is 0 Å². The van der Waals surface area contributed by atoms with Crippen LogP contribution >= 0.6 is 0 Å². The van der Waals surface area contributed by atoms with Gasteiger partial charge >= 0.3 is 0 Å². The average molecular weight is 402 g/mol. The van der Waals surface area contributed by atoms with E-state index < -0.39 is 0 Å². The predicted octanol–water partition coefficient (Wildman–Crippen LogP) is 6.29. The molecule has 1 aromatic heterocycles. The minimum atomic E-state index is -0.0765. The molecule has 0 bridgehead atoms. The molecule has 5 aromatic rings. The summed E-state index contributed by atoms with van der Waals surface area (Å²) in [6.45, 7) is 0.754. The molecule has 5 rings (SSSR count). The molecule has 3 nitrogen and oxygen atoms in total. The van der Waals surface area contributed by atoms with Gasteiger partial charge in [-0.25, -0.2) is 4.98 Å². The Morgan fingerprint density at radius 3 is 1.87 bits per heavy atom. The molecule has 0 saturated heterocycles. The number of rotatable bonds is 6. The molecule has 0 unspecified atom stereocenters. The number of para-hydroxylation sites is 2. The van der Waals surface area contributed by atoms with Crippen molar-refractivity contribution in [2.45, 2.75) is 12.6 Å². The Hall–Kier alpha value is -3.98. The summed E-state index contributed by atoms with van der Waals surface area (Å²) in [6.07, 6.45) is 1.92. The number of hydrogen-bond donors (Lipinski definition) is 0. The van der Waals surface area contributed by atoms with Crippen molar-refractivity contribution in [3.8, 4) is 0 Å². The fourth-order valence-electron chi connectivity index (χ4n) is 3.90. The van der Waals surface area contributed by atoms with E-state index in [9.17, 15) is 0 Å². The fraction of sp³-hybridized carbons (Fsp3) is 0.0714. The Labute approximate surface area is 182 Å². The van der Waals surface area contributed by atoms with Gasteiger partial charge in [0.1, 0.15) is 6.04 Å². The summed E-state index contributed by atoms with van der Waals surface area (Å²) in [5.41, 5.74) is 5.66. The van der Waals surface area contributed by atoms with Crippen LogP contribution in [0.5, 0.6) is 0 Å². The number of aliphatic imine (C=N–C) groups is 1. The van der Waals surface area contributed by atoms with Crippen LogP contribution in [0.2, 0.25) is 0 Å². The van der Waals surface area contributed by atoms with Crippen molar-refractivity contribution in [1.29, 1.82) is 0 Å². The first kappa shape index (κ1) is 19.0. The smallest absolute Gasteiger partial charge is 0.152 e. The third-order valence-corrected chi connectivity index (χ3v) is 5.44. The summed E-state index contributed by atoms with van der Waals surface area (Å²) in [5, 5.41) is 0. The van der Waals surface area contributed by atoms with Crippen molar-refractivity contribution < 1.29 is 0 Å². The number of hydrogen-bond acceptors (Lipinski definition) is 2. The maximum atomic E-state index is 5.02. The second kappa shape index (κ2) is 8.80. The van der Waals surface area contributed by atoms with Gasteiger partial charge in [-0.15, -0.1) is 0 Å². The lowest BCUT2D eigenvalue weighted by Gasteiger charge is -2.14. The van der Waals surface area contributed by atoms with E-state index in [-0.39, 0.29) is 6.04 Å². The number of benzene rings is 4. The normalized spacial score (nSPS) is 11.5. The maximum Gasteiger partial charge on any atom is 0.152 e. The molecule has 0 fully saturated rings. The highest BCUT2D eigenvalue weighted by Gasteiger charge is 2.14. The van der Waals surface area contributed by atoms with E-state index in [0.717, 1.165) is 34.5 Å². The van der Waals surface area contributed by atoms with E-state index in [1.165, 1.54) is 5.56 Å². The van der Waals surface area contributed by atoms with Crippen LogP contribution in [-0.2, 0) is 6.54 Å². The standard InChI is InChI=1S/C28H23N3/c1-4-12-22(13-5-1)21-31-26-19-11-10-18-25(26)30-27(31)20-29-28(23-14-6-2-7-15-23)24-16-8-3-9-17-24/h1-20,28H,21H2. The van der Waals surface area contributed by atoms with Crippen LogP contribution in [-0.4, -0.2) is 15.8 Å². The van der Waals surface area contributed by atoms with Gasteiger partial charge in [0.05, 0.1) is 17.2 Å².